The molecule has 0 amide bonds. The number of hydrogen-bond donors (Lipinski definition) is 1. The van der Waals surface area contributed by atoms with Gasteiger partial charge >= 0.3 is 0 Å². The normalized spacial score (nSPS) is 13.3. The van der Waals surface area contributed by atoms with Gasteiger partial charge in [-0.05, 0) is 75.9 Å². The molecule has 1 aliphatic rings. The predicted molar refractivity (Wildman–Crippen MR) is 146 cm³/mol. The van der Waals surface area contributed by atoms with E-state index < -0.39 is 0 Å². The van der Waals surface area contributed by atoms with E-state index >= 15 is 0 Å². The summed E-state index contributed by atoms with van der Waals surface area (Å²) >= 11 is 6.26. The predicted octanol–water partition coefficient (Wildman–Crippen LogP) is 6.82. The molecule has 1 N–H and O–H groups in total. The molecule has 0 radical (unpaired) electrons. The third kappa shape index (κ3) is 6.12. The van der Waals surface area contributed by atoms with E-state index in [1.54, 1.807) is 6.07 Å². The molecule has 1 saturated heterocycles. The minimum absolute atomic E-state index is 0. The molecule has 178 valence electrons. The second kappa shape index (κ2) is 11.7. The molecule has 4 rings (SSSR count). The lowest BCUT2D eigenvalue weighted by molar-refractivity contribution is 0.214. The van der Waals surface area contributed by atoms with E-state index in [9.17, 15) is 0 Å². The number of fused-ring (bicyclic) bond motifs is 1. The van der Waals surface area contributed by atoms with Gasteiger partial charge in [-0.25, -0.2) is 4.85 Å². The van der Waals surface area contributed by atoms with Crippen LogP contribution in [0.3, 0.4) is 0 Å². The Labute approximate surface area is 218 Å². The minimum Gasteiger partial charge on any atom is -0.364 e. The van der Waals surface area contributed by atoms with Gasteiger partial charge in [0.1, 0.15) is 5.69 Å². The molecule has 0 spiro atoms. The summed E-state index contributed by atoms with van der Waals surface area (Å²) in [6.07, 6.45) is 2.44. The first-order valence-electron chi connectivity index (χ1n) is 10.8. The lowest BCUT2D eigenvalue weighted by Gasteiger charge is -2.30. The Kier molecular flexibility index (Phi) is 9.56. The fourth-order valence-corrected chi connectivity index (χ4v) is 4.14. The maximum atomic E-state index is 7.40. The third-order valence-electron chi connectivity index (χ3n) is 5.97. The molecule has 1 fully saturated rings. The summed E-state index contributed by atoms with van der Waals surface area (Å²) in [4.78, 5) is 5.99. The van der Waals surface area contributed by atoms with Crippen LogP contribution in [0.15, 0.2) is 36.4 Å². The standard InChI is InChI=1S/C26H26ClN5.2ClH/c1-18-7-8-19(15-23(18)27)17-29-25-22-16-20(28-4)9-10-21(22)24(30-31-25)11-12-26(2,3)32-13-5-6-14-32;;/h7-10,15-16H,5-6,13-14,17H2,1-3H3,(H,29,31);2*1H. The average Bonchev–Trinajstić information content (AvgIpc) is 3.34. The van der Waals surface area contributed by atoms with Crippen molar-refractivity contribution in [3.63, 3.8) is 0 Å². The summed E-state index contributed by atoms with van der Waals surface area (Å²) < 4.78 is 0. The van der Waals surface area contributed by atoms with Gasteiger partial charge in [0, 0.05) is 22.3 Å². The topological polar surface area (TPSA) is 45.4 Å². The van der Waals surface area contributed by atoms with Gasteiger partial charge in [-0.2, -0.15) is 0 Å². The molecule has 3 aromatic rings. The number of rotatable bonds is 4. The fourth-order valence-electron chi connectivity index (χ4n) is 3.93. The summed E-state index contributed by atoms with van der Waals surface area (Å²) in [6.45, 7) is 16.4. The minimum atomic E-state index is -0.220. The molecule has 0 unspecified atom stereocenters. The van der Waals surface area contributed by atoms with Crippen molar-refractivity contribution < 1.29 is 0 Å². The van der Waals surface area contributed by atoms with Crippen molar-refractivity contribution >= 4 is 58.7 Å². The summed E-state index contributed by atoms with van der Waals surface area (Å²) in [5.74, 6) is 7.30. The molecule has 0 atom stereocenters. The van der Waals surface area contributed by atoms with E-state index in [1.807, 2.05) is 37.3 Å². The van der Waals surface area contributed by atoms with E-state index in [0.717, 1.165) is 40.0 Å². The van der Waals surface area contributed by atoms with Crippen molar-refractivity contribution in [2.24, 2.45) is 0 Å². The first kappa shape index (κ1) is 27.7. The van der Waals surface area contributed by atoms with Crippen LogP contribution in [0.2, 0.25) is 5.02 Å². The van der Waals surface area contributed by atoms with Crippen molar-refractivity contribution in [3.05, 3.63) is 69.7 Å². The van der Waals surface area contributed by atoms with Gasteiger partial charge in [0.25, 0.3) is 0 Å². The Balaban J connectivity index is 0.00000204. The Morgan fingerprint density at radius 1 is 1.09 bits per heavy atom. The lowest BCUT2D eigenvalue weighted by atomic mass is 10.0. The van der Waals surface area contributed by atoms with Gasteiger partial charge in [0.15, 0.2) is 11.5 Å². The number of hydrogen-bond acceptors (Lipinski definition) is 4. The Hall–Kier alpha value is -2.54. The van der Waals surface area contributed by atoms with Crippen molar-refractivity contribution in [2.75, 3.05) is 18.4 Å². The molecule has 8 heteroatoms. The lowest BCUT2D eigenvalue weighted by Crippen LogP contribution is -2.40. The number of anilines is 1. The first-order valence-corrected chi connectivity index (χ1v) is 11.2. The van der Waals surface area contributed by atoms with Gasteiger partial charge in [-0.15, -0.1) is 35.0 Å². The maximum Gasteiger partial charge on any atom is 0.188 e. The van der Waals surface area contributed by atoms with E-state index in [0.29, 0.717) is 23.7 Å². The largest absolute Gasteiger partial charge is 0.364 e. The zero-order valence-electron chi connectivity index (χ0n) is 19.5. The SMILES string of the molecule is Cl.Cl.[C-]#[N+]c1ccc2c(C#CC(C)(C)N3CCCC3)nnc(NCc3ccc(C)c(Cl)c3)c2c1. The second-order valence-electron chi connectivity index (χ2n) is 8.68. The Bertz CT molecular complexity index is 1270. The van der Waals surface area contributed by atoms with Crippen LogP contribution in [0.1, 0.15) is 43.5 Å². The van der Waals surface area contributed by atoms with Crippen molar-refractivity contribution in [3.8, 4) is 11.8 Å². The Morgan fingerprint density at radius 3 is 2.50 bits per heavy atom. The summed E-state index contributed by atoms with van der Waals surface area (Å²) in [5, 5.41) is 14.7. The highest BCUT2D eigenvalue weighted by atomic mass is 35.5. The van der Waals surface area contributed by atoms with Crippen LogP contribution in [0.5, 0.6) is 0 Å². The number of aryl methyl sites for hydroxylation is 1. The zero-order chi connectivity index (χ0) is 22.7. The molecule has 0 aliphatic carbocycles. The van der Waals surface area contributed by atoms with Crippen molar-refractivity contribution in [2.45, 2.75) is 45.7 Å². The molecule has 2 aromatic carbocycles. The van der Waals surface area contributed by atoms with Crippen LogP contribution < -0.4 is 5.32 Å². The van der Waals surface area contributed by atoms with Gasteiger partial charge in [-0.3, -0.25) is 4.90 Å². The van der Waals surface area contributed by atoms with E-state index in [-0.39, 0.29) is 30.4 Å². The van der Waals surface area contributed by atoms with Gasteiger partial charge in [0.2, 0.25) is 0 Å². The quantitative estimate of drug-likeness (QED) is 0.305. The smallest absolute Gasteiger partial charge is 0.188 e. The van der Waals surface area contributed by atoms with Crippen LogP contribution >= 0.6 is 36.4 Å². The van der Waals surface area contributed by atoms with Crippen LogP contribution in [0.4, 0.5) is 11.5 Å². The number of nitrogens with zero attached hydrogens (tertiary/aromatic N) is 4. The number of aromatic nitrogens is 2. The van der Waals surface area contributed by atoms with Gasteiger partial charge in [0.05, 0.1) is 12.1 Å². The Morgan fingerprint density at radius 2 is 1.82 bits per heavy atom. The maximum absolute atomic E-state index is 7.40. The molecular weight excluding hydrogens is 489 g/mol. The van der Waals surface area contributed by atoms with Crippen LogP contribution in [-0.4, -0.2) is 33.7 Å². The van der Waals surface area contributed by atoms with Crippen LogP contribution in [-0.2, 0) is 6.54 Å². The third-order valence-corrected chi connectivity index (χ3v) is 6.38. The number of halogens is 3. The van der Waals surface area contributed by atoms with E-state index in [2.05, 4.69) is 50.9 Å². The molecular formula is C26H28Cl3N5. The summed E-state index contributed by atoms with van der Waals surface area (Å²) in [7, 11) is 0. The summed E-state index contributed by atoms with van der Waals surface area (Å²) in [6, 6.07) is 11.5. The molecule has 34 heavy (non-hydrogen) atoms. The number of nitrogens with one attached hydrogen (secondary N) is 1. The summed E-state index contributed by atoms with van der Waals surface area (Å²) in [5.41, 5.74) is 3.06. The monoisotopic (exact) mass is 515 g/mol. The molecule has 0 bridgehead atoms. The highest BCUT2D eigenvalue weighted by molar-refractivity contribution is 6.31. The highest BCUT2D eigenvalue weighted by Crippen LogP contribution is 2.28. The molecule has 2 heterocycles. The fraction of sp³-hybridized carbons (Fsp3) is 0.346. The average molecular weight is 517 g/mol. The number of likely N-dealkylation sites (tertiary alicyclic amines) is 1. The molecule has 0 saturated carbocycles. The second-order valence-corrected chi connectivity index (χ2v) is 9.09. The molecule has 1 aromatic heterocycles. The zero-order valence-corrected chi connectivity index (χ0v) is 21.9. The van der Waals surface area contributed by atoms with Crippen molar-refractivity contribution in [1.82, 2.24) is 15.1 Å². The van der Waals surface area contributed by atoms with Gasteiger partial charge < -0.3 is 5.32 Å². The van der Waals surface area contributed by atoms with E-state index in [4.69, 9.17) is 18.2 Å². The van der Waals surface area contributed by atoms with Gasteiger partial charge in [-0.1, -0.05) is 41.8 Å². The molecule has 1 aliphatic heterocycles. The van der Waals surface area contributed by atoms with Crippen LogP contribution in [0, 0.1) is 25.3 Å². The van der Waals surface area contributed by atoms with E-state index in [1.165, 1.54) is 12.8 Å². The van der Waals surface area contributed by atoms with Crippen LogP contribution in [0.25, 0.3) is 15.6 Å². The highest BCUT2D eigenvalue weighted by Gasteiger charge is 2.27. The number of benzene rings is 2. The first-order chi connectivity index (χ1) is 15.4. The van der Waals surface area contributed by atoms with Crippen molar-refractivity contribution in [1.29, 1.82) is 0 Å². The molecule has 5 nitrogen and oxygen atoms in total.